The van der Waals surface area contributed by atoms with E-state index in [0.29, 0.717) is 11.2 Å². The Balaban J connectivity index is 0.000000169. The molecule has 0 saturated carbocycles. The van der Waals surface area contributed by atoms with Gasteiger partial charge in [-0.1, -0.05) is 155 Å². The normalized spacial score (nSPS) is 10.4. The minimum Gasteiger partial charge on any atom is -0.423 e. The number of rotatable bonds is 2. The zero-order chi connectivity index (χ0) is 32.0. The lowest BCUT2D eigenvalue weighted by atomic mass is 9.77. The van der Waals surface area contributed by atoms with E-state index in [4.69, 9.17) is 21.5 Å². The zero-order valence-electron chi connectivity index (χ0n) is 25.4. The minimum atomic E-state index is -1.46. The van der Waals surface area contributed by atoms with Gasteiger partial charge in [0.1, 0.15) is 0 Å². The molecule has 0 fully saturated rings. The molecule has 8 rings (SSSR count). The molecule has 0 heterocycles. The van der Waals surface area contributed by atoms with E-state index >= 15 is 0 Å². The number of fused-ring (bicyclic) bond motifs is 4. The zero-order valence-corrected chi connectivity index (χ0v) is 27.0. The largest absolute Gasteiger partial charge is 0.489 e. The topological polar surface area (TPSA) is 92.5 Å². The van der Waals surface area contributed by atoms with Crippen molar-refractivity contribution in [3.05, 3.63) is 162 Å². The predicted octanol–water partition coefficient (Wildman–Crippen LogP) is 9.34. The standard InChI is InChI=1S/C20H15N.C10H10BNO2.C10H7Br.FH.H2/c21-20-13-12-18(17-9-3-4-10-19(17)20)16-11-5-7-14-6-1-2-8-15(14)16;12-10-6-5-9(11(13)14)7-3-1-2-4-8(7)10;11-10-7-3-5-8-4-1-2-6-9(8)10;;/h1-13H,21H2;1-6,13-14H,12H2;1-7H;2*1H. The van der Waals surface area contributed by atoms with Gasteiger partial charge in [-0.15, -0.1) is 0 Å². The molecule has 47 heavy (non-hydrogen) atoms. The van der Waals surface area contributed by atoms with E-state index in [-0.39, 0.29) is 6.13 Å². The van der Waals surface area contributed by atoms with Crippen LogP contribution in [0.4, 0.5) is 16.1 Å². The summed E-state index contributed by atoms with van der Waals surface area (Å²) >= 11 is 3.50. The highest BCUT2D eigenvalue weighted by atomic mass is 79.9. The maximum atomic E-state index is 9.13. The minimum absolute atomic E-state index is 0. The van der Waals surface area contributed by atoms with Gasteiger partial charge < -0.3 is 21.5 Å². The van der Waals surface area contributed by atoms with Gasteiger partial charge >= 0.3 is 7.12 Å². The van der Waals surface area contributed by atoms with E-state index in [9.17, 15) is 0 Å². The quantitative estimate of drug-likeness (QED) is 0.108. The van der Waals surface area contributed by atoms with Crippen molar-refractivity contribution in [1.29, 1.82) is 0 Å². The van der Waals surface area contributed by atoms with E-state index in [1.807, 2.05) is 48.5 Å². The second-order valence-corrected chi connectivity index (χ2v) is 11.8. The second kappa shape index (κ2) is 14.9. The Kier molecular flexibility index (Phi) is 10.5. The summed E-state index contributed by atoms with van der Waals surface area (Å²) in [6.45, 7) is 0. The van der Waals surface area contributed by atoms with Gasteiger partial charge in [0.05, 0.1) is 0 Å². The van der Waals surface area contributed by atoms with Gasteiger partial charge in [-0.2, -0.15) is 0 Å². The first-order chi connectivity index (χ1) is 22.4. The van der Waals surface area contributed by atoms with Crippen molar-refractivity contribution in [2.24, 2.45) is 0 Å². The van der Waals surface area contributed by atoms with E-state index in [0.717, 1.165) is 26.3 Å². The lowest BCUT2D eigenvalue weighted by Gasteiger charge is -2.11. The smallest absolute Gasteiger partial charge is 0.423 e. The SMILES string of the molecule is Brc1cccc2ccccc12.F.Nc1ccc(-c2cccc3ccccc23)c2ccccc12.Nc1ccc(B(O)O)c2ccccc12.[HH]. The number of anilines is 2. The van der Waals surface area contributed by atoms with Crippen molar-refractivity contribution in [3.8, 4) is 11.1 Å². The maximum Gasteiger partial charge on any atom is 0.489 e. The van der Waals surface area contributed by atoms with E-state index in [1.54, 1.807) is 12.1 Å². The number of hydrogen-bond donors (Lipinski definition) is 4. The molecule has 234 valence electrons. The highest BCUT2D eigenvalue weighted by Gasteiger charge is 2.15. The molecule has 0 aliphatic carbocycles. The first-order valence-electron chi connectivity index (χ1n) is 14.9. The first kappa shape index (κ1) is 33.2. The van der Waals surface area contributed by atoms with Gasteiger partial charge in [-0.25, -0.2) is 0 Å². The van der Waals surface area contributed by atoms with Gasteiger partial charge in [0.25, 0.3) is 0 Å². The summed E-state index contributed by atoms with van der Waals surface area (Å²) in [6.07, 6.45) is 0. The average Bonchev–Trinajstić information content (AvgIpc) is 3.09. The van der Waals surface area contributed by atoms with Crippen molar-refractivity contribution in [2.45, 2.75) is 0 Å². The number of nitrogens with two attached hydrogens (primary N) is 2. The molecule has 0 amide bonds. The second-order valence-electron chi connectivity index (χ2n) is 10.9. The molecule has 0 aliphatic heterocycles. The molecule has 0 bridgehead atoms. The van der Waals surface area contributed by atoms with Crippen LogP contribution in [0.2, 0.25) is 0 Å². The fraction of sp³-hybridized carbons (Fsp3) is 0. The van der Waals surface area contributed by atoms with Crippen LogP contribution in [0.3, 0.4) is 0 Å². The Bertz CT molecular complexity index is 2310. The molecule has 4 nitrogen and oxygen atoms in total. The third kappa shape index (κ3) is 7.13. The van der Waals surface area contributed by atoms with Crippen LogP contribution in [0, 0.1) is 0 Å². The van der Waals surface area contributed by atoms with Crippen molar-refractivity contribution in [2.75, 3.05) is 11.5 Å². The lowest BCUT2D eigenvalue weighted by Crippen LogP contribution is -2.30. The van der Waals surface area contributed by atoms with Gasteiger partial charge in [-0.3, -0.25) is 4.70 Å². The molecule has 0 radical (unpaired) electrons. The third-order valence-corrected chi connectivity index (χ3v) is 8.74. The Morgan fingerprint density at radius 1 is 0.426 bits per heavy atom. The van der Waals surface area contributed by atoms with Crippen LogP contribution in [0.25, 0.3) is 54.2 Å². The number of halogens is 2. The summed E-state index contributed by atoms with van der Waals surface area (Å²) in [4.78, 5) is 0. The fourth-order valence-electron chi connectivity index (χ4n) is 5.77. The van der Waals surface area contributed by atoms with Crippen LogP contribution in [0.15, 0.2) is 162 Å². The predicted molar refractivity (Wildman–Crippen MR) is 206 cm³/mol. The molecule has 0 aromatic heterocycles. The molecule has 8 aromatic rings. The first-order valence-corrected chi connectivity index (χ1v) is 15.7. The fourth-order valence-corrected chi connectivity index (χ4v) is 6.29. The summed E-state index contributed by atoms with van der Waals surface area (Å²) < 4.78 is 1.16. The third-order valence-electron chi connectivity index (χ3n) is 8.04. The highest BCUT2D eigenvalue weighted by molar-refractivity contribution is 9.10. The van der Waals surface area contributed by atoms with Crippen LogP contribution in [0.5, 0.6) is 0 Å². The van der Waals surface area contributed by atoms with Gasteiger partial charge in [0, 0.05) is 28.0 Å². The van der Waals surface area contributed by atoms with Crippen molar-refractivity contribution in [1.82, 2.24) is 0 Å². The van der Waals surface area contributed by atoms with Crippen molar-refractivity contribution >= 4 is 83.0 Å². The number of benzene rings is 8. The van der Waals surface area contributed by atoms with Crippen LogP contribution < -0.4 is 16.9 Å². The summed E-state index contributed by atoms with van der Waals surface area (Å²) in [5.41, 5.74) is 16.3. The van der Waals surface area contributed by atoms with E-state index in [2.05, 4.69) is 113 Å². The summed E-state index contributed by atoms with van der Waals surface area (Å²) in [7, 11) is -1.46. The van der Waals surface area contributed by atoms with Crippen molar-refractivity contribution in [3.63, 3.8) is 0 Å². The van der Waals surface area contributed by atoms with Gasteiger partial charge in [0.2, 0.25) is 0 Å². The van der Waals surface area contributed by atoms with Crippen LogP contribution in [0.1, 0.15) is 1.43 Å². The molecule has 0 unspecified atom stereocenters. The average molecular weight is 685 g/mol. The molecule has 6 N–H and O–H groups in total. The van der Waals surface area contributed by atoms with Crippen molar-refractivity contribution < 1.29 is 16.2 Å². The Labute approximate surface area is 283 Å². The highest BCUT2D eigenvalue weighted by Crippen LogP contribution is 2.35. The molecular weight excluding hydrogens is 650 g/mol. The molecule has 0 aliphatic rings. The Morgan fingerprint density at radius 3 is 1.47 bits per heavy atom. The van der Waals surface area contributed by atoms with Crippen LogP contribution >= 0.6 is 15.9 Å². The number of hydrogen-bond acceptors (Lipinski definition) is 4. The molecule has 0 saturated heterocycles. The number of nitrogen functional groups attached to an aromatic ring is 2. The molecule has 8 aromatic carbocycles. The Hall–Kier alpha value is -5.21. The van der Waals surface area contributed by atoms with Crippen LogP contribution in [-0.2, 0) is 0 Å². The summed E-state index contributed by atoms with van der Waals surface area (Å²) in [5, 5.41) is 27.3. The van der Waals surface area contributed by atoms with E-state index < -0.39 is 7.12 Å². The molecule has 0 atom stereocenters. The summed E-state index contributed by atoms with van der Waals surface area (Å²) in [6, 6.07) is 52.6. The maximum absolute atomic E-state index is 9.13. The monoisotopic (exact) mass is 684 g/mol. The molecule has 0 spiro atoms. The van der Waals surface area contributed by atoms with Gasteiger partial charge in [0.15, 0.2) is 0 Å². The molecular formula is C40H35BBrFN2O2. The van der Waals surface area contributed by atoms with E-state index in [1.165, 1.54) is 38.1 Å². The van der Waals surface area contributed by atoms with Gasteiger partial charge in [-0.05, 0) is 67.1 Å². The van der Waals surface area contributed by atoms with Crippen LogP contribution in [-0.4, -0.2) is 17.2 Å². The molecule has 7 heteroatoms. The Morgan fingerprint density at radius 2 is 0.851 bits per heavy atom. The lowest BCUT2D eigenvalue weighted by molar-refractivity contribution is 0.426. The summed E-state index contributed by atoms with van der Waals surface area (Å²) in [5.74, 6) is 0.